The summed E-state index contributed by atoms with van der Waals surface area (Å²) in [5.41, 5.74) is 0.418. The van der Waals surface area contributed by atoms with Crippen LogP contribution >= 0.6 is 0 Å². The van der Waals surface area contributed by atoms with Gasteiger partial charge in [-0.2, -0.15) is 0 Å². The van der Waals surface area contributed by atoms with Crippen molar-refractivity contribution in [2.24, 2.45) is 0 Å². The van der Waals surface area contributed by atoms with Crippen molar-refractivity contribution < 1.29 is 33.0 Å². The topological polar surface area (TPSA) is 90.9 Å². The first-order valence-corrected chi connectivity index (χ1v) is 8.10. The molecule has 7 nitrogen and oxygen atoms in total. The molecule has 0 bridgehead atoms. The molecule has 0 unspecified atom stereocenters. The highest BCUT2D eigenvalue weighted by Crippen LogP contribution is 2.17. The van der Waals surface area contributed by atoms with Crippen LogP contribution in [0.1, 0.15) is 17.3 Å². The van der Waals surface area contributed by atoms with Gasteiger partial charge in [-0.25, -0.2) is 14.0 Å². The lowest BCUT2D eigenvalue weighted by Gasteiger charge is -2.11. The molecule has 0 radical (unpaired) electrons. The van der Waals surface area contributed by atoms with Crippen LogP contribution in [0, 0.1) is 5.82 Å². The van der Waals surface area contributed by atoms with E-state index in [9.17, 15) is 18.8 Å². The molecule has 27 heavy (non-hydrogen) atoms. The van der Waals surface area contributed by atoms with E-state index in [-0.39, 0.29) is 23.6 Å². The maximum absolute atomic E-state index is 13.4. The number of esters is 2. The predicted octanol–water partition coefficient (Wildman–Crippen LogP) is 2.56. The van der Waals surface area contributed by atoms with Gasteiger partial charge < -0.3 is 19.5 Å². The highest BCUT2D eigenvalue weighted by Gasteiger charge is 2.15. The lowest BCUT2D eigenvalue weighted by atomic mass is 10.2. The maximum Gasteiger partial charge on any atom is 0.344 e. The minimum absolute atomic E-state index is 0.0951. The molecule has 0 atom stereocenters. The molecule has 2 aromatic carbocycles. The van der Waals surface area contributed by atoms with E-state index in [2.05, 4.69) is 5.32 Å². The number of para-hydroxylation sites is 2. The Bertz CT molecular complexity index is 823. The van der Waals surface area contributed by atoms with Crippen molar-refractivity contribution in [3.05, 3.63) is 59.9 Å². The Kier molecular flexibility index (Phi) is 7.30. The first-order valence-electron chi connectivity index (χ1n) is 8.10. The Balaban J connectivity index is 1.83. The monoisotopic (exact) mass is 375 g/mol. The number of hydrogen-bond acceptors (Lipinski definition) is 6. The molecule has 0 fully saturated rings. The fraction of sp³-hybridized carbons (Fsp3) is 0.211. The van der Waals surface area contributed by atoms with E-state index >= 15 is 0 Å². The molecule has 0 aliphatic heterocycles. The minimum atomic E-state index is -0.841. The standard InChI is InChI=1S/C19H18FNO6/c1-2-25-19(24)13-7-3-5-9-15(13)21-17(22)11-27-18(23)12-26-16-10-6-4-8-14(16)20/h3-10H,2,11-12H2,1H3,(H,21,22). The fourth-order valence-corrected chi connectivity index (χ4v) is 2.05. The molecular formula is C19H18FNO6. The van der Waals surface area contributed by atoms with Crippen molar-refractivity contribution in [3.63, 3.8) is 0 Å². The molecule has 0 saturated carbocycles. The van der Waals surface area contributed by atoms with Crippen molar-refractivity contribution in [2.75, 3.05) is 25.1 Å². The van der Waals surface area contributed by atoms with Crippen LogP contribution in [0.15, 0.2) is 48.5 Å². The van der Waals surface area contributed by atoms with E-state index in [1.54, 1.807) is 25.1 Å². The first kappa shape index (κ1) is 19.9. The van der Waals surface area contributed by atoms with Crippen molar-refractivity contribution >= 4 is 23.5 Å². The van der Waals surface area contributed by atoms with Crippen molar-refractivity contribution in [1.82, 2.24) is 0 Å². The number of carbonyl (C=O) groups is 3. The Labute approximate surface area is 155 Å². The average Bonchev–Trinajstić information content (AvgIpc) is 2.66. The lowest BCUT2D eigenvalue weighted by Crippen LogP contribution is -2.24. The summed E-state index contributed by atoms with van der Waals surface area (Å²) in [6.07, 6.45) is 0. The van der Waals surface area contributed by atoms with Gasteiger partial charge in [-0.1, -0.05) is 24.3 Å². The highest BCUT2D eigenvalue weighted by molar-refractivity contribution is 6.01. The van der Waals surface area contributed by atoms with Crippen LogP contribution in [-0.2, 0) is 19.1 Å². The van der Waals surface area contributed by atoms with Gasteiger partial charge >= 0.3 is 11.9 Å². The second-order valence-corrected chi connectivity index (χ2v) is 5.19. The molecule has 0 saturated heterocycles. The third kappa shape index (κ3) is 6.10. The second-order valence-electron chi connectivity index (χ2n) is 5.19. The smallest absolute Gasteiger partial charge is 0.344 e. The number of rotatable bonds is 8. The van der Waals surface area contributed by atoms with Crippen LogP contribution in [0.3, 0.4) is 0 Å². The Morgan fingerprint density at radius 2 is 1.67 bits per heavy atom. The molecule has 0 aliphatic carbocycles. The van der Waals surface area contributed by atoms with E-state index in [1.165, 1.54) is 30.3 Å². The maximum atomic E-state index is 13.4. The fourth-order valence-electron chi connectivity index (χ4n) is 2.05. The van der Waals surface area contributed by atoms with Crippen molar-refractivity contribution in [1.29, 1.82) is 0 Å². The lowest BCUT2D eigenvalue weighted by molar-refractivity contribution is -0.149. The van der Waals surface area contributed by atoms with Crippen molar-refractivity contribution in [3.8, 4) is 5.75 Å². The number of hydrogen-bond donors (Lipinski definition) is 1. The van der Waals surface area contributed by atoms with Gasteiger partial charge in [-0.15, -0.1) is 0 Å². The van der Waals surface area contributed by atoms with E-state index in [0.717, 1.165) is 0 Å². The number of halogens is 1. The Morgan fingerprint density at radius 1 is 0.963 bits per heavy atom. The Morgan fingerprint density at radius 3 is 2.41 bits per heavy atom. The summed E-state index contributed by atoms with van der Waals surface area (Å²) in [4.78, 5) is 35.4. The van der Waals surface area contributed by atoms with Crippen LogP contribution in [0.25, 0.3) is 0 Å². The summed E-state index contributed by atoms with van der Waals surface area (Å²) in [7, 11) is 0. The van der Waals surface area contributed by atoms with Crippen LogP contribution in [0.4, 0.5) is 10.1 Å². The summed E-state index contributed by atoms with van der Waals surface area (Å²) >= 11 is 0. The summed E-state index contributed by atoms with van der Waals surface area (Å²) in [6, 6.07) is 11.9. The normalized spacial score (nSPS) is 10.0. The summed E-state index contributed by atoms with van der Waals surface area (Å²) in [5, 5.41) is 2.47. The van der Waals surface area contributed by atoms with Crippen LogP contribution in [0.2, 0.25) is 0 Å². The molecule has 0 aromatic heterocycles. The predicted molar refractivity (Wildman–Crippen MR) is 93.9 cm³/mol. The molecule has 142 valence electrons. The molecule has 0 heterocycles. The zero-order chi connectivity index (χ0) is 19.6. The van der Waals surface area contributed by atoms with E-state index < -0.39 is 36.9 Å². The zero-order valence-electron chi connectivity index (χ0n) is 14.6. The molecule has 1 amide bonds. The molecule has 8 heteroatoms. The van der Waals surface area contributed by atoms with Gasteiger partial charge in [0.2, 0.25) is 0 Å². The van der Waals surface area contributed by atoms with Gasteiger partial charge in [0.1, 0.15) is 0 Å². The van der Waals surface area contributed by atoms with Gasteiger partial charge in [0, 0.05) is 0 Å². The number of anilines is 1. The number of carbonyl (C=O) groups excluding carboxylic acids is 3. The van der Waals surface area contributed by atoms with Crippen LogP contribution in [0.5, 0.6) is 5.75 Å². The highest BCUT2D eigenvalue weighted by atomic mass is 19.1. The molecule has 1 N–H and O–H groups in total. The molecular weight excluding hydrogens is 357 g/mol. The number of benzene rings is 2. The summed E-state index contributed by atoms with van der Waals surface area (Å²) in [6.45, 7) is 0.729. The van der Waals surface area contributed by atoms with Crippen LogP contribution < -0.4 is 10.1 Å². The first-order chi connectivity index (χ1) is 13.0. The number of amides is 1. The van der Waals surface area contributed by atoms with Gasteiger partial charge in [0.15, 0.2) is 24.8 Å². The molecule has 0 aliphatic rings. The quantitative estimate of drug-likeness (QED) is 0.713. The SMILES string of the molecule is CCOC(=O)c1ccccc1NC(=O)COC(=O)COc1ccccc1F. The summed E-state index contributed by atoms with van der Waals surface area (Å²) < 4.78 is 28.0. The second kappa shape index (κ2) is 9.91. The molecule has 2 aromatic rings. The van der Waals surface area contributed by atoms with Crippen molar-refractivity contribution in [2.45, 2.75) is 6.92 Å². The van der Waals surface area contributed by atoms with Gasteiger partial charge in [0.05, 0.1) is 17.9 Å². The Hall–Kier alpha value is -3.42. The number of ether oxygens (including phenoxy) is 3. The van der Waals surface area contributed by atoms with Gasteiger partial charge in [-0.3, -0.25) is 4.79 Å². The zero-order valence-corrected chi connectivity index (χ0v) is 14.6. The summed E-state index contributed by atoms with van der Waals surface area (Å²) in [5.74, 6) is -2.78. The van der Waals surface area contributed by atoms with Gasteiger partial charge in [0.25, 0.3) is 5.91 Å². The van der Waals surface area contributed by atoms with Crippen LogP contribution in [-0.4, -0.2) is 37.7 Å². The molecule has 2 rings (SSSR count). The number of nitrogens with one attached hydrogen (secondary N) is 1. The van der Waals surface area contributed by atoms with E-state index in [1.807, 2.05) is 0 Å². The van der Waals surface area contributed by atoms with Gasteiger partial charge in [-0.05, 0) is 31.2 Å². The largest absolute Gasteiger partial charge is 0.479 e. The average molecular weight is 375 g/mol. The minimum Gasteiger partial charge on any atom is -0.479 e. The molecule has 0 spiro atoms. The third-order valence-corrected chi connectivity index (χ3v) is 3.24. The van der Waals surface area contributed by atoms with E-state index in [4.69, 9.17) is 14.2 Å². The third-order valence-electron chi connectivity index (χ3n) is 3.24. The van der Waals surface area contributed by atoms with E-state index in [0.29, 0.717) is 0 Å².